The van der Waals surface area contributed by atoms with E-state index >= 15 is 0 Å². The van der Waals surface area contributed by atoms with Crippen LogP contribution in [-0.4, -0.2) is 23.6 Å². The van der Waals surface area contributed by atoms with E-state index in [1.807, 2.05) is 0 Å². The molecule has 4 heteroatoms. The molecular weight excluding hydrogens is 208 g/mol. The molecule has 1 fully saturated rings. The monoisotopic (exact) mass is 222 g/mol. The van der Waals surface area contributed by atoms with Gasteiger partial charge in [-0.15, -0.1) is 0 Å². The average molecular weight is 222 g/mol. The number of Topliss-reactive ketones (excluding diaryl/α,β-unsaturated/α-hetero) is 1. The van der Waals surface area contributed by atoms with Gasteiger partial charge < -0.3 is 4.74 Å². The van der Waals surface area contributed by atoms with Crippen LogP contribution in [0.1, 0.15) is 26.7 Å². The smallest absolute Gasteiger partial charge is 0.313 e. The Labute approximate surface area is 93.7 Å². The first kappa shape index (κ1) is 11.0. The first-order valence-electron chi connectivity index (χ1n) is 5.40. The molecule has 0 unspecified atom stereocenters. The van der Waals surface area contributed by atoms with Crippen LogP contribution in [0.3, 0.4) is 0 Å². The molecule has 1 aliphatic heterocycles. The van der Waals surface area contributed by atoms with Crippen LogP contribution in [0.4, 0.5) is 0 Å². The normalized spacial score (nSPS) is 33.1. The quantitative estimate of drug-likeness (QED) is 0.655. The van der Waals surface area contributed by atoms with Gasteiger partial charge in [-0.25, -0.2) is 0 Å². The highest BCUT2D eigenvalue weighted by atomic mass is 16.6. The first-order chi connectivity index (χ1) is 7.49. The Morgan fingerprint density at radius 1 is 1.50 bits per heavy atom. The minimum Gasteiger partial charge on any atom is -0.461 e. The Bertz CT molecular complexity index is 394. The Kier molecular flexibility index (Phi) is 2.66. The molecule has 0 aromatic heterocycles. The van der Waals surface area contributed by atoms with Crippen LogP contribution in [0, 0.1) is 11.8 Å². The predicted octanol–water partition coefficient (Wildman–Crippen LogP) is 1.04. The minimum atomic E-state index is -0.414. The molecule has 0 saturated carbocycles. The van der Waals surface area contributed by atoms with Gasteiger partial charge in [-0.3, -0.25) is 14.4 Å². The van der Waals surface area contributed by atoms with Crippen LogP contribution in [0.2, 0.25) is 0 Å². The van der Waals surface area contributed by atoms with Crippen LogP contribution in [0.5, 0.6) is 0 Å². The van der Waals surface area contributed by atoms with E-state index in [9.17, 15) is 14.4 Å². The molecule has 0 bridgehead atoms. The Morgan fingerprint density at radius 3 is 2.81 bits per heavy atom. The standard InChI is InChI=1S/C12H14O4/c1-6-3-8(14)5-9-10(4-7(2)13)16-12(15)11(6)9/h3,9-11H,4-5H2,1-2H3/t9-,10+,11-/m1/s1. The zero-order chi connectivity index (χ0) is 11.9. The number of ether oxygens (including phenoxy) is 1. The zero-order valence-corrected chi connectivity index (χ0v) is 9.36. The highest BCUT2D eigenvalue weighted by molar-refractivity contribution is 5.95. The molecule has 2 rings (SSSR count). The van der Waals surface area contributed by atoms with Crippen LogP contribution in [0.15, 0.2) is 11.6 Å². The van der Waals surface area contributed by atoms with E-state index in [1.54, 1.807) is 6.92 Å². The van der Waals surface area contributed by atoms with E-state index in [2.05, 4.69) is 0 Å². The molecule has 86 valence electrons. The van der Waals surface area contributed by atoms with Crippen molar-refractivity contribution >= 4 is 17.5 Å². The molecule has 4 nitrogen and oxygen atoms in total. The van der Waals surface area contributed by atoms with Crippen molar-refractivity contribution in [1.29, 1.82) is 0 Å². The van der Waals surface area contributed by atoms with Gasteiger partial charge >= 0.3 is 5.97 Å². The van der Waals surface area contributed by atoms with Crippen molar-refractivity contribution in [2.75, 3.05) is 0 Å². The molecular formula is C12H14O4. The zero-order valence-electron chi connectivity index (χ0n) is 9.36. The van der Waals surface area contributed by atoms with E-state index in [0.717, 1.165) is 5.57 Å². The maximum atomic E-state index is 11.6. The average Bonchev–Trinajstić information content (AvgIpc) is 2.41. The van der Waals surface area contributed by atoms with Gasteiger partial charge in [0.15, 0.2) is 5.78 Å². The van der Waals surface area contributed by atoms with E-state index in [-0.39, 0.29) is 35.8 Å². The van der Waals surface area contributed by atoms with Crippen molar-refractivity contribution in [3.05, 3.63) is 11.6 Å². The summed E-state index contributed by atoms with van der Waals surface area (Å²) in [7, 11) is 0. The van der Waals surface area contributed by atoms with Gasteiger partial charge in [-0.05, 0) is 19.9 Å². The summed E-state index contributed by atoms with van der Waals surface area (Å²) in [6.45, 7) is 3.24. The lowest BCUT2D eigenvalue weighted by molar-refractivity contribution is -0.144. The first-order valence-corrected chi connectivity index (χ1v) is 5.40. The second-order valence-corrected chi connectivity index (χ2v) is 4.58. The summed E-state index contributed by atoms with van der Waals surface area (Å²) in [5, 5.41) is 0. The van der Waals surface area contributed by atoms with Crippen molar-refractivity contribution in [1.82, 2.24) is 0 Å². The lowest BCUT2D eigenvalue weighted by Gasteiger charge is -2.23. The summed E-state index contributed by atoms with van der Waals surface area (Å²) in [6, 6.07) is 0. The Morgan fingerprint density at radius 2 is 2.19 bits per heavy atom. The summed E-state index contributed by atoms with van der Waals surface area (Å²) in [5.41, 5.74) is 0.761. The fourth-order valence-corrected chi connectivity index (χ4v) is 2.58. The molecule has 0 amide bonds. The number of hydrogen-bond donors (Lipinski definition) is 0. The predicted molar refractivity (Wildman–Crippen MR) is 55.5 cm³/mol. The molecule has 1 aliphatic carbocycles. The third-order valence-electron chi connectivity index (χ3n) is 3.23. The lowest BCUT2D eigenvalue weighted by atomic mass is 9.76. The fourth-order valence-electron chi connectivity index (χ4n) is 2.58. The summed E-state index contributed by atoms with van der Waals surface area (Å²) < 4.78 is 5.19. The highest BCUT2D eigenvalue weighted by Crippen LogP contribution is 2.40. The largest absolute Gasteiger partial charge is 0.461 e. The maximum absolute atomic E-state index is 11.6. The van der Waals surface area contributed by atoms with Gasteiger partial charge in [0, 0.05) is 18.8 Å². The number of rotatable bonds is 2. The molecule has 3 atom stereocenters. The topological polar surface area (TPSA) is 60.4 Å². The number of esters is 1. The second kappa shape index (κ2) is 3.85. The number of carbonyl (C=O) groups excluding carboxylic acids is 3. The van der Waals surface area contributed by atoms with Crippen molar-refractivity contribution in [2.24, 2.45) is 11.8 Å². The summed E-state index contributed by atoms with van der Waals surface area (Å²) in [5.74, 6) is -0.753. The number of cyclic esters (lactones) is 1. The summed E-state index contributed by atoms with van der Waals surface area (Å²) in [4.78, 5) is 34.1. The minimum absolute atomic E-state index is 0.0156. The fraction of sp³-hybridized carbons (Fsp3) is 0.583. The van der Waals surface area contributed by atoms with Crippen LogP contribution in [0.25, 0.3) is 0 Å². The van der Waals surface area contributed by atoms with Gasteiger partial charge in [-0.2, -0.15) is 0 Å². The number of hydrogen-bond acceptors (Lipinski definition) is 4. The van der Waals surface area contributed by atoms with Crippen LogP contribution >= 0.6 is 0 Å². The highest BCUT2D eigenvalue weighted by Gasteiger charge is 2.48. The van der Waals surface area contributed by atoms with Gasteiger partial charge in [0.05, 0.1) is 5.92 Å². The van der Waals surface area contributed by atoms with Gasteiger partial charge in [0.25, 0.3) is 0 Å². The van der Waals surface area contributed by atoms with E-state index < -0.39 is 6.10 Å². The van der Waals surface area contributed by atoms with Crippen molar-refractivity contribution in [3.63, 3.8) is 0 Å². The SMILES string of the molecule is CC(=O)C[C@@H]1OC(=O)[C@@H]2C(C)=CC(=O)C[C@@H]21. The third-order valence-corrected chi connectivity index (χ3v) is 3.23. The van der Waals surface area contributed by atoms with Crippen molar-refractivity contribution in [2.45, 2.75) is 32.8 Å². The van der Waals surface area contributed by atoms with E-state index in [1.165, 1.54) is 13.0 Å². The molecule has 0 aromatic carbocycles. The molecule has 16 heavy (non-hydrogen) atoms. The number of carbonyl (C=O) groups is 3. The maximum Gasteiger partial charge on any atom is 0.313 e. The number of fused-ring (bicyclic) bond motifs is 1. The molecule has 0 N–H and O–H groups in total. The van der Waals surface area contributed by atoms with E-state index in [4.69, 9.17) is 4.74 Å². The number of ketones is 2. The van der Waals surface area contributed by atoms with E-state index in [0.29, 0.717) is 6.42 Å². The second-order valence-electron chi connectivity index (χ2n) is 4.58. The molecule has 0 radical (unpaired) electrons. The summed E-state index contributed by atoms with van der Waals surface area (Å²) in [6.07, 6.45) is 1.63. The van der Waals surface area contributed by atoms with Gasteiger partial charge in [-0.1, -0.05) is 5.57 Å². The summed E-state index contributed by atoms with van der Waals surface area (Å²) >= 11 is 0. The van der Waals surface area contributed by atoms with Crippen molar-refractivity contribution in [3.8, 4) is 0 Å². The van der Waals surface area contributed by atoms with Gasteiger partial charge in [0.2, 0.25) is 0 Å². The molecule has 0 spiro atoms. The lowest BCUT2D eigenvalue weighted by Crippen LogP contribution is -2.29. The molecule has 1 heterocycles. The Hall–Kier alpha value is -1.45. The Balaban J connectivity index is 2.25. The van der Waals surface area contributed by atoms with Crippen molar-refractivity contribution < 1.29 is 19.1 Å². The van der Waals surface area contributed by atoms with Gasteiger partial charge in [0.1, 0.15) is 11.9 Å². The molecule has 2 aliphatic rings. The van der Waals surface area contributed by atoms with Crippen LogP contribution < -0.4 is 0 Å². The number of allylic oxidation sites excluding steroid dienone is 1. The molecule has 1 saturated heterocycles. The molecule has 0 aromatic rings. The third kappa shape index (κ3) is 1.79. The van der Waals surface area contributed by atoms with Crippen LogP contribution in [-0.2, 0) is 19.1 Å².